The predicted octanol–water partition coefficient (Wildman–Crippen LogP) is 1.34. The molecule has 0 saturated carbocycles. The number of carbonyl (C=O) groups excluding carboxylic acids is 1. The summed E-state index contributed by atoms with van der Waals surface area (Å²) < 4.78 is 10.5. The molecule has 2 heterocycles. The van der Waals surface area contributed by atoms with Gasteiger partial charge in [-0.3, -0.25) is 0 Å². The number of para-hydroxylation sites is 1. The Kier molecular flexibility index (Phi) is 3.85. The summed E-state index contributed by atoms with van der Waals surface area (Å²) in [7, 11) is 0. The molecular formula is C14H17N3O3. The van der Waals surface area contributed by atoms with Gasteiger partial charge in [0.25, 0.3) is 0 Å². The molecule has 0 aliphatic carbocycles. The van der Waals surface area contributed by atoms with Gasteiger partial charge in [0.2, 0.25) is 0 Å². The van der Waals surface area contributed by atoms with Crippen molar-refractivity contribution < 1.29 is 14.3 Å². The van der Waals surface area contributed by atoms with Crippen molar-refractivity contribution in [3.63, 3.8) is 0 Å². The van der Waals surface area contributed by atoms with Crippen molar-refractivity contribution >= 4 is 16.9 Å². The minimum absolute atomic E-state index is 0.227. The number of rotatable bonds is 4. The second kappa shape index (κ2) is 5.94. The second-order valence-electron chi connectivity index (χ2n) is 4.59. The van der Waals surface area contributed by atoms with Crippen LogP contribution in [0.5, 0.6) is 0 Å². The van der Waals surface area contributed by atoms with Crippen molar-refractivity contribution in [1.29, 1.82) is 0 Å². The van der Waals surface area contributed by atoms with Crippen molar-refractivity contribution in [2.24, 2.45) is 0 Å². The summed E-state index contributed by atoms with van der Waals surface area (Å²) in [4.78, 5) is 14.9. The van der Waals surface area contributed by atoms with Gasteiger partial charge in [-0.25, -0.2) is 4.79 Å². The van der Waals surface area contributed by atoms with Gasteiger partial charge in [-0.1, -0.05) is 18.2 Å². The fraction of sp³-hybridized carbons (Fsp3) is 0.357. The Morgan fingerprint density at radius 3 is 2.90 bits per heavy atom. The number of carbonyl (C=O) groups is 1. The van der Waals surface area contributed by atoms with Crippen molar-refractivity contribution in [2.45, 2.75) is 12.8 Å². The molecule has 2 aromatic rings. The van der Waals surface area contributed by atoms with Crippen LogP contribution in [0.4, 0.5) is 4.79 Å². The third kappa shape index (κ3) is 2.92. The minimum atomic E-state index is -0.325. The lowest BCUT2D eigenvalue weighted by Gasteiger charge is -2.11. The van der Waals surface area contributed by atoms with Crippen molar-refractivity contribution in [2.75, 3.05) is 19.8 Å². The number of aromatic nitrogens is 1. The van der Waals surface area contributed by atoms with Crippen LogP contribution in [0.2, 0.25) is 0 Å². The molecule has 3 rings (SSSR count). The zero-order chi connectivity index (χ0) is 13.8. The van der Waals surface area contributed by atoms with Crippen LogP contribution in [0.3, 0.4) is 0 Å². The Labute approximate surface area is 116 Å². The first kappa shape index (κ1) is 13.0. The maximum atomic E-state index is 11.7. The van der Waals surface area contributed by atoms with E-state index in [0.717, 1.165) is 16.5 Å². The van der Waals surface area contributed by atoms with Gasteiger partial charge in [0.15, 0.2) is 6.29 Å². The van der Waals surface area contributed by atoms with E-state index in [1.807, 2.05) is 30.5 Å². The average Bonchev–Trinajstić information content (AvgIpc) is 3.12. The number of urea groups is 1. The van der Waals surface area contributed by atoms with Gasteiger partial charge >= 0.3 is 6.03 Å². The molecule has 1 aliphatic rings. The molecule has 106 valence electrons. The number of H-pyrrole nitrogens is 1. The minimum Gasteiger partial charge on any atom is -0.361 e. The lowest BCUT2D eigenvalue weighted by atomic mass is 10.2. The lowest BCUT2D eigenvalue weighted by molar-refractivity contribution is -0.0371. The second-order valence-corrected chi connectivity index (χ2v) is 4.59. The van der Waals surface area contributed by atoms with Crippen molar-refractivity contribution in [3.8, 4) is 0 Å². The summed E-state index contributed by atoms with van der Waals surface area (Å²) in [5, 5.41) is 6.67. The van der Waals surface area contributed by atoms with E-state index in [0.29, 0.717) is 26.3 Å². The van der Waals surface area contributed by atoms with Gasteiger partial charge in [0.05, 0.1) is 19.8 Å². The normalized spacial score (nSPS) is 15.6. The Balaban J connectivity index is 1.49. The molecule has 1 aromatic heterocycles. The number of amides is 2. The summed E-state index contributed by atoms with van der Waals surface area (Å²) in [5.74, 6) is 0. The molecule has 1 aliphatic heterocycles. The van der Waals surface area contributed by atoms with E-state index in [4.69, 9.17) is 9.47 Å². The van der Waals surface area contributed by atoms with Gasteiger partial charge in [-0.2, -0.15) is 0 Å². The highest BCUT2D eigenvalue weighted by molar-refractivity contribution is 5.83. The fourth-order valence-electron chi connectivity index (χ4n) is 2.22. The van der Waals surface area contributed by atoms with Gasteiger partial charge in [0, 0.05) is 23.6 Å². The molecule has 0 radical (unpaired) electrons. The quantitative estimate of drug-likeness (QED) is 0.788. The molecule has 1 fully saturated rings. The molecule has 2 amide bonds. The molecule has 0 unspecified atom stereocenters. The zero-order valence-corrected chi connectivity index (χ0v) is 11.0. The smallest absolute Gasteiger partial charge is 0.315 e. The lowest BCUT2D eigenvalue weighted by Crippen LogP contribution is -2.39. The Bertz CT molecular complexity index is 590. The van der Waals surface area contributed by atoms with Crippen LogP contribution < -0.4 is 10.6 Å². The molecule has 0 atom stereocenters. The molecule has 3 N–H and O–H groups in total. The van der Waals surface area contributed by atoms with E-state index in [1.54, 1.807) is 0 Å². The molecule has 20 heavy (non-hydrogen) atoms. The zero-order valence-electron chi connectivity index (χ0n) is 11.0. The van der Waals surface area contributed by atoms with Gasteiger partial charge in [-0.15, -0.1) is 0 Å². The molecular weight excluding hydrogens is 258 g/mol. The van der Waals surface area contributed by atoms with E-state index < -0.39 is 0 Å². The first-order valence-corrected chi connectivity index (χ1v) is 6.63. The summed E-state index contributed by atoms with van der Waals surface area (Å²) >= 11 is 0. The number of fused-ring (bicyclic) bond motifs is 1. The van der Waals surface area contributed by atoms with Gasteiger partial charge in [0.1, 0.15) is 0 Å². The molecule has 6 heteroatoms. The highest BCUT2D eigenvalue weighted by atomic mass is 16.7. The van der Waals surface area contributed by atoms with Crippen LogP contribution in [-0.2, 0) is 16.0 Å². The van der Waals surface area contributed by atoms with E-state index >= 15 is 0 Å². The Morgan fingerprint density at radius 2 is 2.05 bits per heavy atom. The van der Waals surface area contributed by atoms with E-state index in [-0.39, 0.29) is 12.3 Å². The van der Waals surface area contributed by atoms with E-state index in [9.17, 15) is 4.79 Å². The summed E-state index contributed by atoms with van der Waals surface area (Å²) in [5.41, 5.74) is 2.13. The number of hydrogen-bond donors (Lipinski definition) is 3. The maximum Gasteiger partial charge on any atom is 0.315 e. The summed E-state index contributed by atoms with van der Waals surface area (Å²) in [6.45, 7) is 2.01. The van der Waals surface area contributed by atoms with Gasteiger partial charge in [-0.05, 0) is 11.6 Å². The molecule has 1 saturated heterocycles. The molecule has 6 nitrogen and oxygen atoms in total. The van der Waals surface area contributed by atoms with E-state index in [1.165, 1.54) is 0 Å². The highest BCUT2D eigenvalue weighted by Crippen LogP contribution is 2.17. The molecule has 0 spiro atoms. The summed E-state index contributed by atoms with van der Waals surface area (Å²) in [6, 6.07) is 7.77. The summed E-state index contributed by atoms with van der Waals surface area (Å²) in [6.07, 6.45) is 1.59. The number of benzene rings is 1. The predicted molar refractivity (Wildman–Crippen MR) is 74.2 cm³/mol. The number of nitrogens with one attached hydrogen (secondary N) is 3. The molecule has 0 bridgehead atoms. The van der Waals surface area contributed by atoms with Crippen molar-refractivity contribution in [1.82, 2.24) is 15.6 Å². The molecule has 1 aromatic carbocycles. The van der Waals surface area contributed by atoms with Crippen LogP contribution >= 0.6 is 0 Å². The largest absolute Gasteiger partial charge is 0.361 e. The van der Waals surface area contributed by atoms with Crippen LogP contribution in [0.25, 0.3) is 10.9 Å². The fourth-order valence-corrected chi connectivity index (χ4v) is 2.22. The van der Waals surface area contributed by atoms with Crippen LogP contribution in [0.15, 0.2) is 30.5 Å². The van der Waals surface area contributed by atoms with E-state index in [2.05, 4.69) is 15.6 Å². The third-order valence-corrected chi connectivity index (χ3v) is 3.23. The number of ether oxygens (including phenoxy) is 2. The Morgan fingerprint density at radius 1 is 1.25 bits per heavy atom. The van der Waals surface area contributed by atoms with Gasteiger partial charge < -0.3 is 25.1 Å². The first-order valence-electron chi connectivity index (χ1n) is 6.63. The first-order chi connectivity index (χ1) is 9.83. The van der Waals surface area contributed by atoms with Crippen LogP contribution in [0.1, 0.15) is 5.56 Å². The monoisotopic (exact) mass is 275 g/mol. The standard InChI is InChI=1S/C14H17N3O3/c18-14(17-9-13-19-5-6-20-13)16-8-10-7-15-12-4-2-1-3-11(10)12/h1-4,7,13,15H,5-6,8-9H2,(H2,16,17,18). The Hall–Kier alpha value is -2.05. The van der Waals surface area contributed by atoms with Crippen LogP contribution in [-0.4, -0.2) is 37.1 Å². The number of aromatic amines is 1. The third-order valence-electron chi connectivity index (χ3n) is 3.23. The topological polar surface area (TPSA) is 75.4 Å². The average molecular weight is 275 g/mol. The SMILES string of the molecule is O=C(NCc1c[nH]c2ccccc12)NCC1OCCO1. The highest BCUT2D eigenvalue weighted by Gasteiger charge is 2.16. The van der Waals surface area contributed by atoms with Crippen LogP contribution in [0, 0.1) is 0 Å². The van der Waals surface area contributed by atoms with Crippen molar-refractivity contribution in [3.05, 3.63) is 36.0 Å². The number of hydrogen-bond acceptors (Lipinski definition) is 3. The maximum absolute atomic E-state index is 11.7.